The van der Waals surface area contributed by atoms with Gasteiger partial charge in [-0.15, -0.1) is 6.58 Å². The molecule has 0 spiro atoms. The van der Waals surface area contributed by atoms with Crippen LogP contribution in [-0.4, -0.2) is 24.2 Å². The van der Waals surface area contributed by atoms with E-state index in [0.717, 1.165) is 13.0 Å². The summed E-state index contributed by atoms with van der Waals surface area (Å²) >= 11 is 0. The zero-order valence-corrected chi connectivity index (χ0v) is 8.98. The van der Waals surface area contributed by atoms with Gasteiger partial charge in [-0.25, -0.2) is 9.18 Å². The molecule has 7 heteroatoms. The Bertz CT molecular complexity index is 323. The molecular formula is C10H11F5O2. The fraction of sp³-hybridized carbons (Fsp3) is 0.500. The summed E-state index contributed by atoms with van der Waals surface area (Å²) in [6, 6.07) is 0. The third kappa shape index (κ3) is 3.54. The van der Waals surface area contributed by atoms with Crippen LogP contribution in [0.15, 0.2) is 24.8 Å². The fourth-order valence-electron chi connectivity index (χ4n) is 0.819. The Balaban J connectivity index is 5.19. The van der Waals surface area contributed by atoms with Gasteiger partial charge < -0.3 is 4.74 Å². The molecule has 0 aliphatic heterocycles. The van der Waals surface area contributed by atoms with Gasteiger partial charge in [-0.2, -0.15) is 17.6 Å². The molecule has 0 amide bonds. The topological polar surface area (TPSA) is 26.3 Å². The van der Waals surface area contributed by atoms with E-state index in [0.29, 0.717) is 0 Å². The van der Waals surface area contributed by atoms with Crippen molar-refractivity contribution >= 4 is 5.97 Å². The zero-order valence-electron chi connectivity index (χ0n) is 8.98. The maximum absolute atomic E-state index is 13.5. The van der Waals surface area contributed by atoms with Gasteiger partial charge in [-0.05, 0) is 6.92 Å². The van der Waals surface area contributed by atoms with Gasteiger partial charge in [0.05, 0.1) is 0 Å². The molecule has 0 aromatic rings. The molecule has 0 saturated carbocycles. The van der Waals surface area contributed by atoms with Crippen molar-refractivity contribution in [2.45, 2.75) is 31.5 Å². The van der Waals surface area contributed by atoms with Crippen molar-refractivity contribution < 1.29 is 31.5 Å². The Morgan fingerprint density at radius 1 is 1.41 bits per heavy atom. The second-order valence-electron chi connectivity index (χ2n) is 3.30. The van der Waals surface area contributed by atoms with Crippen LogP contribution in [0.5, 0.6) is 0 Å². The number of carbonyl (C=O) groups is 1. The van der Waals surface area contributed by atoms with Gasteiger partial charge in [0, 0.05) is 12.0 Å². The zero-order chi connectivity index (χ0) is 13.9. The molecular weight excluding hydrogens is 247 g/mol. The lowest BCUT2D eigenvalue weighted by Gasteiger charge is -2.29. The van der Waals surface area contributed by atoms with Gasteiger partial charge >= 0.3 is 18.0 Å². The van der Waals surface area contributed by atoms with Gasteiger partial charge in [0.15, 0.2) is 6.17 Å². The summed E-state index contributed by atoms with van der Waals surface area (Å²) < 4.78 is 67.1. The maximum atomic E-state index is 13.5. The minimum Gasteiger partial charge on any atom is -0.414 e. The largest absolute Gasteiger partial charge is 0.463 e. The van der Waals surface area contributed by atoms with E-state index in [1.54, 1.807) is 0 Å². The van der Waals surface area contributed by atoms with Crippen molar-refractivity contribution in [2.24, 2.45) is 0 Å². The predicted molar refractivity (Wildman–Crippen MR) is 50.5 cm³/mol. The molecule has 0 N–H and O–H groups in total. The normalized spacial score (nSPS) is 16.8. The van der Waals surface area contributed by atoms with Gasteiger partial charge in [0.25, 0.3) is 0 Å². The Kier molecular flexibility index (Phi) is 4.85. The summed E-state index contributed by atoms with van der Waals surface area (Å²) in [6.45, 7) is 6.97. The first-order chi connectivity index (χ1) is 7.56. The van der Waals surface area contributed by atoms with E-state index in [2.05, 4.69) is 17.9 Å². The minimum absolute atomic E-state index is 0.470. The Morgan fingerprint density at radius 3 is 2.18 bits per heavy atom. The van der Waals surface area contributed by atoms with Crippen molar-refractivity contribution in [1.29, 1.82) is 0 Å². The van der Waals surface area contributed by atoms with E-state index in [-0.39, 0.29) is 0 Å². The van der Waals surface area contributed by atoms with Crippen LogP contribution in [0.25, 0.3) is 0 Å². The maximum Gasteiger partial charge on any atom is 0.463 e. The average molecular weight is 258 g/mol. The average Bonchev–Trinajstić information content (AvgIpc) is 2.15. The highest BCUT2D eigenvalue weighted by Crippen LogP contribution is 2.41. The molecule has 0 fully saturated rings. The van der Waals surface area contributed by atoms with E-state index in [1.807, 2.05) is 0 Å². The van der Waals surface area contributed by atoms with Crippen LogP contribution in [0.1, 0.15) is 13.3 Å². The fourth-order valence-corrected chi connectivity index (χ4v) is 0.819. The van der Waals surface area contributed by atoms with Crippen LogP contribution in [0.3, 0.4) is 0 Å². The summed E-state index contributed by atoms with van der Waals surface area (Å²) in [7, 11) is 0. The summed E-state index contributed by atoms with van der Waals surface area (Å²) in [4.78, 5) is 10.9. The van der Waals surface area contributed by atoms with E-state index in [4.69, 9.17) is 0 Å². The number of ether oxygens (including phenoxy) is 1. The van der Waals surface area contributed by atoms with Crippen molar-refractivity contribution in [3.05, 3.63) is 24.8 Å². The summed E-state index contributed by atoms with van der Waals surface area (Å²) in [5.74, 6) is -6.35. The van der Waals surface area contributed by atoms with Crippen molar-refractivity contribution in [1.82, 2.24) is 0 Å². The highest BCUT2D eigenvalue weighted by atomic mass is 19.4. The first-order valence-corrected chi connectivity index (χ1v) is 4.45. The number of carbonyl (C=O) groups excluding carboxylic acids is 1. The van der Waals surface area contributed by atoms with Crippen molar-refractivity contribution in [3.8, 4) is 0 Å². The molecule has 0 aliphatic carbocycles. The molecule has 2 unspecified atom stereocenters. The standard InChI is InChI=1S/C10H11F5O2/c1-4-5-7(11)9(12,10(13,14)15)17-8(16)6(2)3/h4,7H,1-2,5H2,3H3. The summed E-state index contributed by atoms with van der Waals surface area (Å²) in [5.41, 5.74) is -0.470. The lowest BCUT2D eigenvalue weighted by Crippen LogP contribution is -2.52. The quantitative estimate of drug-likeness (QED) is 0.327. The van der Waals surface area contributed by atoms with E-state index >= 15 is 0 Å². The molecule has 0 rings (SSSR count). The van der Waals surface area contributed by atoms with Crippen molar-refractivity contribution in [2.75, 3.05) is 0 Å². The smallest absolute Gasteiger partial charge is 0.414 e. The number of rotatable bonds is 5. The molecule has 0 aliphatic rings. The Labute approximate surface area is 94.7 Å². The second-order valence-corrected chi connectivity index (χ2v) is 3.30. The van der Waals surface area contributed by atoms with Gasteiger partial charge in [0.2, 0.25) is 0 Å². The predicted octanol–water partition coefficient (Wildman–Crippen LogP) is 3.25. The molecule has 98 valence electrons. The number of halogens is 5. The number of esters is 1. The Hall–Kier alpha value is -1.40. The molecule has 2 atom stereocenters. The minimum atomic E-state index is -5.68. The second kappa shape index (κ2) is 5.29. The number of allylic oxidation sites excluding steroid dienone is 1. The molecule has 0 heterocycles. The van der Waals surface area contributed by atoms with Crippen LogP contribution < -0.4 is 0 Å². The van der Waals surface area contributed by atoms with Gasteiger partial charge in [0.1, 0.15) is 0 Å². The molecule has 0 saturated heterocycles. The lowest BCUT2D eigenvalue weighted by atomic mass is 10.1. The molecule has 0 radical (unpaired) electrons. The number of hydrogen-bond donors (Lipinski definition) is 0. The lowest BCUT2D eigenvalue weighted by molar-refractivity contribution is -0.338. The van der Waals surface area contributed by atoms with Crippen LogP contribution >= 0.6 is 0 Å². The van der Waals surface area contributed by atoms with Gasteiger partial charge in [-0.3, -0.25) is 0 Å². The SMILES string of the molecule is C=CCC(F)C(F)(OC(=O)C(=C)C)C(F)(F)F. The Morgan fingerprint density at radius 2 is 1.88 bits per heavy atom. The first kappa shape index (κ1) is 15.6. The van der Waals surface area contributed by atoms with Crippen LogP contribution in [0.2, 0.25) is 0 Å². The van der Waals surface area contributed by atoms with E-state index in [1.165, 1.54) is 0 Å². The van der Waals surface area contributed by atoms with Gasteiger partial charge in [-0.1, -0.05) is 12.7 Å². The molecule has 0 bridgehead atoms. The number of hydrogen-bond acceptors (Lipinski definition) is 2. The molecule has 17 heavy (non-hydrogen) atoms. The third-order valence-corrected chi connectivity index (χ3v) is 1.75. The summed E-state index contributed by atoms with van der Waals surface area (Å²) in [6.07, 6.45) is -8.96. The van der Waals surface area contributed by atoms with Crippen LogP contribution in [0, 0.1) is 0 Å². The monoisotopic (exact) mass is 258 g/mol. The number of alkyl halides is 5. The van der Waals surface area contributed by atoms with Crippen molar-refractivity contribution in [3.63, 3.8) is 0 Å². The van der Waals surface area contributed by atoms with E-state index in [9.17, 15) is 26.7 Å². The highest BCUT2D eigenvalue weighted by Gasteiger charge is 2.65. The first-order valence-electron chi connectivity index (χ1n) is 4.45. The van der Waals surface area contributed by atoms with Crippen LogP contribution in [0.4, 0.5) is 22.0 Å². The van der Waals surface area contributed by atoms with E-state index < -0.39 is 36.2 Å². The third-order valence-electron chi connectivity index (χ3n) is 1.75. The molecule has 0 aromatic heterocycles. The molecule has 2 nitrogen and oxygen atoms in total. The van der Waals surface area contributed by atoms with Crippen LogP contribution in [-0.2, 0) is 9.53 Å². The summed E-state index contributed by atoms with van der Waals surface area (Å²) in [5, 5.41) is 0. The molecule has 0 aromatic carbocycles. The highest BCUT2D eigenvalue weighted by molar-refractivity contribution is 5.87.